The highest BCUT2D eigenvalue weighted by Crippen LogP contribution is 2.29. The van der Waals surface area contributed by atoms with Crippen LogP contribution < -0.4 is 5.32 Å². The van der Waals surface area contributed by atoms with E-state index in [-0.39, 0.29) is 0 Å². The molecule has 0 bridgehead atoms. The average Bonchev–Trinajstić information content (AvgIpc) is 2.17. The average molecular weight is 174 g/mol. The minimum atomic E-state index is 0.412. The molecule has 0 radical (unpaired) electrons. The van der Waals surface area contributed by atoms with Gasteiger partial charge in [-0.2, -0.15) is 0 Å². The van der Waals surface area contributed by atoms with Crippen LogP contribution in [0.15, 0.2) is 29.3 Å². The third-order valence-corrected chi connectivity index (χ3v) is 2.44. The first-order valence-electron chi connectivity index (χ1n) is 4.72. The van der Waals surface area contributed by atoms with E-state index in [4.69, 9.17) is 0 Å². The van der Waals surface area contributed by atoms with Gasteiger partial charge < -0.3 is 5.32 Å². The Morgan fingerprint density at radius 3 is 2.92 bits per heavy atom. The number of benzene rings is 1. The molecule has 1 aromatic carbocycles. The van der Waals surface area contributed by atoms with Crippen LogP contribution in [0.25, 0.3) is 0 Å². The topological polar surface area (TPSA) is 24.4 Å². The van der Waals surface area contributed by atoms with Gasteiger partial charge >= 0.3 is 0 Å². The van der Waals surface area contributed by atoms with Gasteiger partial charge in [0.25, 0.3) is 0 Å². The zero-order valence-electron chi connectivity index (χ0n) is 8.04. The van der Waals surface area contributed by atoms with Gasteiger partial charge in [-0.25, -0.2) is 0 Å². The first-order chi connectivity index (χ1) is 6.31. The lowest BCUT2D eigenvalue weighted by Gasteiger charge is -2.24. The number of anilines is 1. The summed E-state index contributed by atoms with van der Waals surface area (Å²) in [5, 5.41) is 3.47. The van der Waals surface area contributed by atoms with Gasteiger partial charge in [0, 0.05) is 5.71 Å². The molecule has 2 heteroatoms. The van der Waals surface area contributed by atoms with E-state index in [9.17, 15) is 0 Å². The van der Waals surface area contributed by atoms with Crippen LogP contribution >= 0.6 is 0 Å². The maximum Gasteiger partial charge on any atom is 0.0861 e. The highest BCUT2D eigenvalue weighted by Gasteiger charge is 2.16. The van der Waals surface area contributed by atoms with Gasteiger partial charge in [-0.1, -0.05) is 19.1 Å². The molecule has 0 fully saturated rings. The molecule has 0 spiro atoms. The fraction of sp³-hybridized carbons (Fsp3) is 0.364. The minimum absolute atomic E-state index is 0.412. The number of fused-ring (bicyclic) bond motifs is 1. The van der Waals surface area contributed by atoms with E-state index in [1.54, 1.807) is 0 Å². The molecule has 0 aromatic heterocycles. The van der Waals surface area contributed by atoms with Crippen LogP contribution in [-0.2, 0) is 0 Å². The molecule has 68 valence electrons. The van der Waals surface area contributed by atoms with Crippen molar-refractivity contribution in [3.05, 3.63) is 24.3 Å². The van der Waals surface area contributed by atoms with Crippen molar-refractivity contribution in [1.82, 2.24) is 0 Å². The fourth-order valence-electron chi connectivity index (χ4n) is 1.65. The first kappa shape index (κ1) is 8.30. The predicted molar refractivity (Wildman–Crippen MR) is 56.9 cm³/mol. The molecule has 0 saturated carbocycles. The molecule has 2 nitrogen and oxygen atoms in total. The van der Waals surface area contributed by atoms with Gasteiger partial charge in [0.1, 0.15) is 0 Å². The summed E-state index contributed by atoms with van der Waals surface area (Å²) in [7, 11) is 0. The molecule has 1 aliphatic heterocycles. The van der Waals surface area contributed by atoms with Crippen LogP contribution in [0.3, 0.4) is 0 Å². The third-order valence-electron chi connectivity index (χ3n) is 2.44. The molecule has 1 N–H and O–H groups in total. The lowest BCUT2D eigenvalue weighted by Crippen LogP contribution is -2.28. The van der Waals surface area contributed by atoms with Crippen molar-refractivity contribution in [3.63, 3.8) is 0 Å². The monoisotopic (exact) mass is 174 g/mol. The van der Waals surface area contributed by atoms with E-state index in [0.717, 1.165) is 17.8 Å². The largest absolute Gasteiger partial charge is 0.375 e. The van der Waals surface area contributed by atoms with Gasteiger partial charge in [0.05, 0.1) is 17.4 Å². The highest BCUT2D eigenvalue weighted by atomic mass is 15.0. The third kappa shape index (κ3) is 1.44. The maximum atomic E-state index is 4.55. The summed E-state index contributed by atoms with van der Waals surface area (Å²) >= 11 is 0. The van der Waals surface area contributed by atoms with Crippen molar-refractivity contribution in [2.75, 3.05) is 5.32 Å². The van der Waals surface area contributed by atoms with Crippen LogP contribution in [0.5, 0.6) is 0 Å². The molecule has 0 aliphatic carbocycles. The number of hydrogen-bond donors (Lipinski definition) is 1. The van der Waals surface area contributed by atoms with E-state index in [1.165, 1.54) is 5.71 Å². The quantitative estimate of drug-likeness (QED) is 0.695. The molecule has 1 unspecified atom stereocenters. The molecule has 1 atom stereocenters. The molecular weight excluding hydrogens is 160 g/mol. The molecule has 13 heavy (non-hydrogen) atoms. The number of aliphatic imine (C=N–C) groups is 1. The molecule has 0 saturated heterocycles. The van der Waals surface area contributed by atoms with Crippen molar-refractivity contribution >= 4 is 17.1 Å². The Hall–Kier alpha value is -1.31. The molecule has 1 heterocycles. The SMILES string of the molecule is CCC1Nc2ccccc2N=C1C. The van der Waals surface area contributed by atoms with Gasteiger partial charge in [-0.3, -0.25) is 4.99 Å². The summed E-state index contributed by atoms with van der Waals surface area (Å²) in [6, 6.07) is 8.58. The van der Waals surface area contributed by atoms with Crippen LogP contribution in [0.4, 0.5) is 11.4 Å². The Labute approximate surface area is 78.7 Å². The van der Waals surface area contributed by atoms with E-state index in [2.05, 4.69) is 30.2 Å². The highest BCUT2D eigenvalue weighted by molar-refractivity contribution is 5.96. The second kappa shape index (κ2) is 3.21. The number of nitrogens with one attached hydrogen (secondary N) is 1. The molecule has 1 aliphatic rings. The fourth-order valence-corrected chi connectivity index (χ4v) is 1.65. The van der Waals surface area contributed by atoms with Crippen molar-refractivity contribution in [2.45, 2.75) is 26.3 Å². The van der Waals surface area contributed by atoms with Gasteiger partial charge in [-0.05, 0) is 25.5 Å². The van der Waals surface area contributed by atoms with Crippen molar-refractivity contribution in [1.29, 1.82) is 0 Å². The lowest BCUT2D eigenvalue weighted by molar-refractivity contribution is 0.858. The first-order valence-corrected chi connectivity index (χ1v) is 4.72. The zero-order chi connectivity index (χ0) is 9.26. The summed E-state index contributed by atoms with van der Waals surface area (Å²) in [5.74, 6) is 0. The minimum Gasteiger partial charge on any atom is -0.375 e. The lowest BCUT2D eigenvalue weighted by atomic mass is 10.1. The summed E-state index contributed by atoms with van der Waals surface area (Å²) in [6.07, 6.45) is 1.09. The van der Waals surface area contributed by atoms with Crippen LogP contribution in [-0.4, -0.2) is 11.8 Å². The van der Waals surface area contributed by atoms with Crippen molar-refractivity contribution in [3.8, 4) is 0 Å². The van der Waals surface area contributed by atoms with E-state index < -0.39 is 0 Å². The second-order valence-electron chi connectivity index (χ2n) is 3.38. The van der Waals surface area contributed by atoms with Crippen molar-refractivity contribution < 1.29 is 0 Å². The van der Waals surface area contributed by atoms with Gasteiger partial charge in [-0.15, -0.1) is 0 Å². The smallest absolute Gasteiger partial charge is 0.0861 e. The molecule has 1 aromatic rings. The van der Waals surface area contributed by atoms with Crippen LogP contribution in [0.1, 0.15) is 20.3 Å². The summed E-state index contributed by atoms with van der Waals surface area (Å²) < 4.78 is 0. The molecule has 2 rings (SSSR count). The Morgan fingerprint density at radius 1 is 1.38 bits per heavy atom. The Morgan fingerprint density at radius 2 is 2.15 bits per heavy atom. The summed E-state index contributed by atoms with van der Waals surface area (Å²) in [6.45, 7) is 4.25. The normalized spacial score (nSPS) is 20.2. The summed E-state index contributed by atoms with van der Waals surface area (Å²) in [4.78, 5) is 4.55. The van der Waals surface area contributed by atoms with Crippen LogP contribution in [0.2, 0.25) is 0 Å². The summed E-state index contributed by atoms with van der Waals surface area (Å²) in [5.41, 5.74) is 3.39. The van der Waals surface area contributed by atoms with E-state index in [1.807, 2.05) is 18.2 Å². The number of rotatable bonds is 1. The molecular formula is C11H14N2. The number of para-hydroxylation sites is 2. The zero-order valence-corrected chi connectivity index (χ0v) is 8.04. The Kier molecular flexibility index (Phi) is 2.05. The number of nitrogens with zero attached hydrogens (tertiary/aromatic N) is 1. The van der Waals surface area contributed by atoms with E-state index >= 15 is 0 Å². The Balaban J connectivity index is 2.40. The van der Waals surface area contributed by atoms with Crippen LogP contribution in [0, 0.1) is 0 Å². The van der Waals surface area contributed by atoms with Crippen molar-refractivity contribution in [2.24, 2.45) is 4.99 Å². The Bertz CT molecular complexity index is 342. The second-order valence-corrected chi connectivity index (χ2v) is 3.38. The number of hydrogen-bond acceptors (Lipinski definition) is 2. The predicted octanol–water partition coefficient (Wildman–Crippen LogP) is 2.98. The molecule has 0 amide bonds. The maximum absolute atomic E-state index is 4.55. The van der Waals surface area contributed by atoms with Gasteiger partial charge in [0.2, 0.25) is 0 Å². The van der Waals surface area contributed by atoms with E-state index in [0.29, 0.717) is 6.04 Å². The standard InChI is InChI=1S/C11H14N2/c1-3-9-8(2)12-10-6-4-5-7-11(10)13-9/h4-7,9,13H,3H2,1-2H3. The van der Waals surface area contributed by atoms with Gasteiger partial charge in [0.15, 0.2) is 0 Å².